The first kappa shape index (κ1) is 19.9. The summed E-state index contributed by atoms with van der Waals surface area (Å²) in [5, 5.41) is 19.5. The largest absolute Gasteiger partial charge is 0.494 e. The molecule has 2 aromatic heterocycles. The summed E-state index contributed by atoms with van der Waals surface area (Å²) in [5.41, 5.74) is 0.875. The number of aromatic nitrogens is 3. The molecule has 0 saturated heterocycles. The quantitative estimate of drug-likeness (QED) is 0.351. The van der Waals surface area contributed by atoms with Gasteiger partial charge in [0.15, 0.2) is 12.3 Å². The van der Waals surface area contributed by atoms with Gasteiger partial charge in [-0.1, -0.05) is 0 Å². The molecule has 12 heteroatoms. The molecular weight excluding hydrogens is 402 g/mol. The highest BCUT2D eigenvalue weighted by Gasteiger charge is 2.17. The van der Waals surface area contributed by atoms with Crippen LogP contribution in [0.25, 0.3) is 10.6 Å². The number of nitro benzene ring substituents is 1. The average Bonchev–Trinajstić information content (AvgIpc) is 3.35. The second-order valence-corrected chi connectivity index (χ2v) is 6.56. The topological polar surface area (TPSA) is 138 Å². The zero-order chi connectivity index (χ0) is 21.0. The molecule has 0 fully saturated rings. The van der Waals surface area contributed by atoms with Crippen molar-refractivity contribution >= 4 is 34.6 Å². The number of thiazole rings is 1. The lowest BCUT2D eigenvalue weighted by atomic mass is 10.2. The van der Waals surface area contributed by atoms with Crippen LogP contribution in [0.5, 0.6) is 5.75 Å². The van der Waals surface area contributed by atoms with Crippen LogP contribution < -0.4 is 10.1 Å². The van der Waals surface area contributed by atoms with Crippen LogP contribution in [0.3, 0.4) is 0 Å². The number of non-ortho nitro benzene ring substituents is 1. The highest BCUT2D eigenvalue weighted by molar-refractivity contribution is 7.13. The summed E-state index contributed by atoms with van der Waals surface area (Å²) in [4.78, 5) is 38.6. The van der Waals surface area contributed by atoms with E-state index in [0.717, 1.165) is 5.56 Å². The molecule has 0 atom stereocenters. The highest BCUT2D eigenvalue weighted by Crippen LogP contribution is 2.29. The van der Waals surface area contributed by atoms with Gasteiger partial charge in [-0.15, -0.1) is 11.3 Å². The minimum atomic E-state index is -0.748. The van der Waals surface area contributed by atoms with Crippen molar-refractivity contribution in [1.29, 1.82) is 0 Å². The predicted octanol–water partition coefficient (Wildman–Crippen LogP) is 2.26. The first-order valence-corrected chi connectivity index (χ1v) is 8.99. The highest BCUT2D eigenvalue weighted by atomic mass is 32.1. The van der Waals surface area contributed by atoms with Gasteiger partial charge in [0.2, 0.25) is 0 Å². The summed E-state index contributed by atoms with van der Waals surface area (Å²) in [5.74, 6) is -1.27. The molecule has 150 valence electrons. The molecule has 0 spiro atoms. The number of hydrogen-bond acceptors (Lipinski definition) is 9. The Kier molecular flexibility index (Phi) is 5.83. The van der Waals surface area contributed by atoms with E-state index in [0.29, 0.717) is 5.01 Å². The molecule has 0 bridgehead atoms. The van der Waals surface area contributed by atoms with E-state index in [-0.39, 0.29) is 22.8 Å². The van der Waals surface area contributed by atoms with Crippen molar-refractivity contribution in [2.45, 2.75) is 0 Å². The van der Waals surface area contributed by atoms with Crippen LogP contribution in [0.15, 0.2) is 36.0 Å². The van der Waals surface area contributed by atoms with Crippen LogP contribution in [0.2, 0.25) is 0 Å². The Balaban J connectivity index is 1.59. The number of ether oxygens (including phenoxy) is 2. The van der Waals surface area contributed by atoms with Crippen LogP contribution in [0.1, 0.15) is 10.5 Å². The van der Waals surface area contributed by atoms with Crippen molar-refractivity contribution < 1.29 is 24.0 Å². The number of hydrogen-bond donors (Lipinski definition) is 1. The number of aryl methyl sites for hydroxylation is 1. The van der Waals surface area contributed by atoms with E-state index in [1.165, 1.54) is 42.0 Å². The number of nitrogens with one attached hydrogen (secondary N) is 1. The van der Waals surface area contributed by atoms with Crippen molar-refractivity contribution in [3.63, 3.8) is 0 Å². The van der Waals surface area contributed by atoms with Crippen LogP contribution in [-0.2, 0) is 16.6 Å². The van der Waals surface area contributed by atoms with E-state index in [4.69, 9.17) is 9.47 Å². The molecule has 0 aliphatic rings. The van der Waals surface area contributed by atoms with Crippen molar-refractivity contribution in [3.8, 4) is 16.3 Å². The minimum absolute atomic E-state index is 0.0783. The molecule has 11 nitrogen and oxygen atoms in total. The van der Waals surface area contributed by atoms with Crippen LogP contribution in [0.4, 0.5) is 11.4 Å². The van der Waals surface area contributed by atoms with Gasteiger partial charge in [-0.05, 0) is 6.07 Å². The smallest absolute Gasteiger partial charge is 0.358 e. The molecule has 3 rings (SSSR count). The fourth-order valence-electron chi connectivity index (χ4n) is 2.32. The van der Waals surface area contributed by atoms with E-state index < -0.39 is 23.4 Å². The monoisotopic (exact) mass is 417 g/mol. The van der Waals surface area contributed by atoms with Crippen LogP contribution in [-0.4, -0.2) is 45.3 Å². The molecule has 2 heterocycles. The Hall–Kier alpha value is -3.80. The number of carbonyl (C=O) groups is 2. The lowest BCUT2D eigenvalue weighted by Gasteiger charge is -2.10. The summed E-state index contributed by atoms with van der Waals surface area (Å²) >= 11 is 1.25. The summed E-state index contributed by atoms with van der Waals surface area (Å²) in [6.07, 6.45) is 3.39. The number of rotatable bonds is 7. The van der Waals surface area contributed by atoms with Gasteiger partial charge in [0.05, 0.1) is 30.0 Å². The van der Waals surface area contributed by atoms with Gasteiger partial charge in [0.25, 0.3) is 11.6 Å². The molecule has 1 amide bonds. The lowest BCUT2D eigenvalue weighted by molar-refractivity contribution is -0.384. The fourth-order valence-corrected chi connectivity index (χ4v) is 3.08. The Labute approximate surface area is 168 Å². The van der Waals surface area contributed by atoms with Gasteiger partial charge < -0.3 is 14.8 Å². The summed E-state index contributed by atoms with van der Waals surface area (Å²) in [6, 6.07) is 3.73. The van der Waals surface area contributed by atoms with Gasteiger partial charge in [-0.3, -0.25) is 19.6 Å². The molecule has 1 N–H and O–H groups in total. The SMILES string of the molecule is COc1cc([N+](=O)[O-])ccc1NC(=O)COC(=O)c1csc(-c2cnn(C)c2)n1. The maximum Gasteiger partial charge on any atom is 0.358 e. The van der Waals surface area contributed by atoms with Crippen molar-refractivity contribution in [3.05, 3.63) is 51.8 Å². The Morgan fingerprint density at radius 3 is 2.83 bits per heavy atom. The van der Waals surface area contributed by atoms with Gasteiger partial charge in [-0.2, -0.15) is 5.10 Å². The number of anilines is 1. The zero-order valence-corrected chi connectivity index (χ0v) is 16.1. The lowest BCUT2D eigenvalue weighted by Crippen LogP contribution is -2.21. The second kappa shape index (κ2) is 8.48. The number of esters is 1. The number of benzene rings is 1. The third kappa shape index (κ3) is 4.73. The summed E-state index contributed by atoms with van der Waals surface area (Å²) in [6.45, 7) is -0.557. The zero-order valence-electron chi connectivity index (χ0n) is 15.3. The third-order valence-corrected chi connectivity index (χ3v) is 4.56. The summed E-state index contributed by atoms with van der Waals surface area (Å²) < 4.78 is 11.6. The van der Waals surface area contributed by atoms with Gasteiger partial charge in [0.1, 0.15) is 10.8 Å². The van der Waals surface area contributed by atoms with E-state index in [1.807, 2.05) is 0 Å². The second-order valence-electron chi connectivity index (χ2n) is 5.71. The maximum atomic E-state index is 12.1. The van der Waals surface area contributed by atoms with Gasteiger partial charge >= 0.3 is 5.97 Å². The number of amides is 1. The number of carbonyl (C=O) groups excluding carboxylic acids is 2. The van der Waals surface area contributed by atoms with Crippen LogP contribution in [0, 0.1) is 10.1 Å². The maximum absolute atomic E-state index is 12.1. The van der Waals surface area contributed by atoms with E-state index in [9.17, 15) is 19.7 Å². The molecule has 29 heavy (non-hydrogen) atoms. The Morgan fingerprint density at radius 2 is 2.17 bits per heavy atom. The first-order chi connectivity index (χ1) is 13.9. The van der Waals surface area contributed by atoms with Crippen molar-refractivity contribution in [1.82, 2.24) is 14.8 Å². The van der Waals surface area contributed by atoms with Crippen molar-refractivity contribution in [2.75, 3.05) is 19.0 Å². The third-order valence-electron chi connectivity index (χ3n) is 3.67. The molecule has 0 aliphatic heterocycles. The number of nitrogens with zero attached hydrogens (tertiary/aromatic N) is 4. The van der Waals surface area contributed by atoms with E-state index >= 15 is 0 Å². The first-order valence-electron chi connectivity index (χ1n) is 8.11. The standard InChI is InChI=1S/C17H15N5O6S/c1-21-7-10(6-18-21)16-20-13(9-29-16)17(24)28-8-15(23)19-12-4-3-11(22(25)26)5-14(12)27-2/h3-7,9H,8H2,1-2H3,(H,19,23). The predicted molar refractivity (Wildman–Crippen MR) is 103 cm³/mol. The normalized spacial score (nSPS) is 10.4. The van der Waals surface area contributed by atoms with Crippen molar-refractivity contribution in [2.24, 2.45) is 7.05 Å². The van der Waals surface area contributed by atoms with Gasteiger partial charge in [0, 0.05) is 30.3 Å². The molecule has 0 radical (unpaired) electrons. The van der Waals surface area contributed by atoms with Gasteiger partial charge in [-0.25, -0.2) is 9.78 Å². The average molecular weight is 417 g/mol. The molecule has 0 unspecified atom stereocenters. The molecule has 3 aromatic rings. The molecule has 1 aromatic carbocycles. The minimum Gasteiger partial charge on any atom is -0.494 e. The number of nitro groups is 1. The number of methoxy groups -OCH3 is 1. The molecule has 0 saturated carbocycles. The molecule has 0 aliphatic carbocycles. The van der Waals surface area contributed by atoms with E-state index in [1.54, 1.807) is 24.1 Å². The summed E-state index contributed by atoms with van der Waals surface area (Å²) in [7, 11) is 3.08. The Morgan fingerprint density at radius 1 is 1.38 bits per heavy atom. The molecular formula is C17H15N5O6S. The fraction of sp³-hybridized carbons (Fsp3) is 0.176. The van der Waals surface area contributed by atoms with Crippen LogP contribution >= 0.6 is 11.3 Å². The van der Waals surface area contributed by atoms with E-state index in [2.05, 4.69) is 15.4 Å². The Bertz CT molecular complexity index is 1080.